The van der Waals surface area contributed by atoms with Crippen LogP contribution in [-0.2, 0) is 31.8 Å². The van der Waals surface area contributed by atoms with Crippen LogP contribution in [0.2, 0.25) is 0 Å². The number of hydrogen-bond donors (Lipinski definition) is 4. The lowest BCUT2D eigenvalue weighted by Gasteiger charge is -2.27. The van der Waals surface area contributed by atoms with Crippen LogP contribution in [0, 0.1) is 6.92 Å². The fraction of sp³-hybridized carbons (Fsp3) is 0.455. The lowest BCUT2D eigenvalue weighted by atomic mass is 9.84. The van der Waals surface area contributed by atoms with Crippen LogP contribution in [0.25, 0.3) is 11.1 Å². The Kier molecular flexibility index (Phi) is 10.5. The summed E-state index contributed by atoms with van der Waals surface area (Å²) in [6, 6.07) is 19.4. The molecule has 4 nitrogen and oxygen atoms in total. The molecular formula is C33H45NO3. The maximum atomic E-state index is 11.1. The number of aryl methyl sites for hydroxylation is 2. The molecule has 200 valence electrons. The van der Waals surface area contributed by atoms with Crippen molar-refractivity contribution in [3.8, 4) is 11.1 Å². The molecule has 0 heterocycles. The van der Waals surface area contributed by atoms with E-state index >= 15 is 0 Å². The van der Waals surface area contributed by atoms with E-state index in [0.717, 1.165) is 41.5 Å². The lowest BCUT2D eigenvalue weighted by molar-refractivity contribution is 0.0283. The minimum atomic E-state index is -0.777. The van der Waals surface area contributed by atoms with Gasteiger partial charge >= 0.3 is 0 Å². The van der Waals surface area contributed by atoms with Gasteiger partial charge in [-0.2, -0.15) is 0 Å². The third-order valence-corrected chi connectivity index (χ3v) is 7.86. The van der Waals surface area contributed by atoms with Gasteiger partial charge in [-0.3, -0.25) is 0 Å². The average molecular weight is 504 g/mol. The molecule has 37 heavy (non-hydrogen) atoms. The summed E-state index contributed by atoms with van der Waals surface area (Å²) in [5.41, 5.74) is 9.17. The van der Waals surface area contributed by atoms with Crippen molar-refractivity contribution in [3.63, 3.8) is 0 Å². The highest BCUT2D eigenvalue weighted by atomic mass is 16.3. The van der Waals surface area contributed by atoms with Crippen LogP contribution in [-0.4, -0.2) is 15.3 Å². The van der Waals surface area contributed by atoms with Crippen molar-refractivity contribution in [3.05, 3.63) is 93.5 Å². The van der Waals surface area contributed by atoms with Crippen LogP contribution in [0.1, 0.15) is 98.4 Å². The zero-order valence-electron chi connectivity index (χ0n) is 23.3. The maximum Gasteiger partial charge on any atom is 0.0891 e. The Labute approximate surface area is 223 Å². The van der Waals surface area contributed by atoms with Crippen molar-refractivity contribution in [2.24, 2.45) is 0 Å². The topological polar surface area (TPSA) is 72.7 Å². The number of aliphatic hydroxyl groups excluding tert-OH is 2. The molecule has 0 aliphatic rings. The first-order valence-electron chi connectivity index (χ1n) is 13.9. The SMILES string of the molecule is CCCc1cc(C(O)(CC)CC)ccc1-c1cc(C(CC)NCc2ccc(CO)c(CO)c2)ccc1C. The van der Waals surface area contributed by atoms with Gasteiger partial charge in [-0.05, 0) is 88.7 Å². The van der Waals surface area contributed by atoms with Gasteiger partial charge in [0.15, 0.2) is 0 Å². The number of benzene rings is 3. The van der Waals surface area contributed by atoms with Gasteiger partial charge in [0.25, 0.3) is 0 Å². The summed E-state index contributed by atoms with van der Waals surface area (Å²) in [4.78, 5) is 0. The Bertz CT molecular complexity index is 1170. The molecule has 0 radical (unpaired) electrons. The van der Waals surface area contributed by atoms with Crippen LogP contribution in [0.5, 0.6) is 0 Å². The Hall–Kier alpha value is -2.50. The fourth-order valence-corrected chi connectivity index (χ4v) is 5.26. The van der Waals surface area contributed by atoms with Gasteiger partial charge in [-0.15, -0.1) is 0 Å². The third kappa shape index (κ3) is 6.69. The zero-order chi connectivity index (χ0) is 27.0. The van der Waals surface area contributed by atoms with Crippen LogP contribution in [0.15, 0.2) is 54.6 Å². The van der Waals surface area contributed by atoms with Gasteiger partial charge in [-0.1, -0.05) is 82.6 Å². The van der Waals surface area contributed by atoms with Crippen molar-refractivity contribution < 1.29 is 15.3 Å². The minimum Gasteiger partial charge on any atom is -0.392 e. The highest BCUT2D eigenvalue weighted by Gasteiger charge is 2.26. The van der Waals surface area contributed by atoms with Gasteiger partial charge in [0, 0.05) is 12.6 Å². The first-order chi connectivity index (χ1) is 17.8. The molecule has 0 saturated heterocycles. The molecule has 0 bridgehead atoms. The standard InChI is InChI=1S/C33H45NO3/c1-6-10-25-18-29(33(37,8-3)9-4)15-16-30(25)31-19-26(13-11-23(31)5)32(7-2)34-20-24-12-14-27(21-35)28(17-24)22-36/h11-19,32,34-37H,6-10,20-22H2,1-5H3. The Balaban J connectivity index is 1.92. The van der Waals surface area contributed by atoms with Crippen LogP contribution in [0.3, 0.4) is 0 Å². The molecular weight excluding hydrogens is 458 g/mol. The van der Waals surface area contributed by atoms with E-state index in [9.17, 15) is 15.3 Å². The molecule has 4 heteroatoms. The fourth-order valence-electron chi connectivity index (χ4n) is 5.26. The highest BCUT2D eigenvalue weighted by molar-refractivity contribution is 5.72. The van der Waals surface area contributed by atoms with E-state index in [-0.39, 0.29) is 19.3 Å². The Morgan fingerprint density at radius 2 is 1.51 bits per heavy atom. The molecule has 0 saturated carbocycles. The molecule has 1 unspecified atom stereocenters. The van der Waals surface area contributed by atoms with E-state index in [1.165, 1.54) is 27.8 Å². The predicted octanol–water partition coefficient (Wildman–Crippen LogP) is 6.85. The largest absolute Gasteiger partial charge is 0.392 e. The molecule has 3 aromatic rings. The Morgan fingerprint density at radius 3 is 2.14 bits per heavy atom. The van der Waals surface area contributed by atoms with Gasteiger partial charge in [0.05, 0.1) is 18.8 Å². The first-order valence-corrected chi connectivity index (χ1v) is 13.9. The van der Waals surface area contributed by atoms with Gasteiger partial charge in [0.2, 0.25) is 0 Å². The van der Waals surface area contributed by atoms with Crippen LogP contribution in [0.4, 0.5) is 0 Å². The van der Waals surface area contributed by atoms with Crippen molar-refractivity contribution >= 4 is 0 Å². The van der Waals surface area contributed by atoms with Crippen molar-refractivity contribution in [2.45, 2.75) is 98.1 Å². The molecule has 4 N–H and O–H groups in total. The monoisotopic (exact) mass is 503 g/mol. The predicted molar refractivity (Wildman–Crippen MR) is 153 cm³/mol. The third-order valence-electron chi connectivity index (χ3n) is 7.86. The van der Waals surface area contributed by atoms with Crippen molar-refractivity contribution in [1.29, 1.82) is 0 Å². The summed E-state index contributed by atoms with van der Waals surface area (Å²) < 4.78 is 0. The first kappa shape index (κ1) is 29.1. The summed E-state index contributed by atoms with van der Waals surface area (Å²) in [6.45, 7) is 11.2. The number of rotatable bonds is 13. The summed E-state index contributed by atoms with van der Waals surface area (Å²) in [5, 5.41) is 34.0. The van der Waals surface area contributed by atoms with Crippen molar-refractivity contribution in [1.82, 2.24) is 5.32 Å². The van der Waals surface area contributed by atoms with E-state index in [2.05, 4.69) is 62.5 Å². The van der Waals surface area contributed by atoms with E-state index in [1.807, 2.05) is 32.0 Å². The molecule has 0 aliphatic heterocycles. The minimum absolute atomic E-state index is 0.0650. The summed E-state index contributed by atoms with van der Waals surface area (Å²) >= 11 is 0. The molecule has 3 rings (SSSR count). The zero-order valence-corrected chi connectivity index (χ0v) is 23.3. The lowest BCUT2D eigenvalue weighted by Crippen LogP contribution is -2.23. The number of nitrogens with one attached hydrogen (secondary N) is 1. The van der Waals surface area contributed by atoms with Crippen molar-refractivity contribution in [2.75, 3.05) is 0 Å². The molecule has 0 aliphatic carbocycles. The molecule has 3 aromatic carbocycles. The second-order valence-corrected chi connectivity index (χ2v) is 10.2. The molecule has 1 atom stereocenters. The van der Waals surface area contributed by atoms with Gasteiger partial charge in [-0.25, -0.2) is 0 Å². The highest BCUT2D eigenvalue weighted by Crippen LogP contribution is 2.36. The molecule has 0 aromatic heterocycles. The van der Waals surface area contributed by atoms with Gasteiger partial charge in [0.1, 0.15) is 0 Å². The summed E-state index contributed by atoms with van der Waals surface area (Å²) in [7, 11) is 0. The Morgan fingerprint density at radius 1 is 0.784 bits per heavy atom. The summed E-state index contributed by atoms with van der Waals surface area (Å²) in [6.07, 6.45) is 4.38. The molecule has 0 amide bonds. The van der Waals surface area contributed by atoms with Crippen LogP contribution < -0.4 is 5.32 Å². The van der Waals surface area contributed by atoms with Crippen LogP contribution >= 0.6 is 0 Å². The normalized spacial score (nSPS) is 12.6. The van der Waals surface area contributed by atoms with E-state index < -0.39 is 5.60 Å². The summed E-state index contributed by atoms with van der Waals surface area (Å²) in [5.74, 6) is 0. The van der Waals surface area contributed by atoms with E-state index in [4.69, 9.17) is 0 Å². The van der Waals surface area contributed by atoms with Gasteiger partial charge < -0.3 is 20.6 Å². The molecule has 0 spiro atoms. The number of hydrogen-bond acceptors (Lipinski definition) is 4. The maximum absolute atomic E-state index is 11.1. The quantitative estimate of drug-likeness (QED) is 0.206. The number of aliphatic hydroxyl groups is 3. The smallest absolute Gasteiger partial charge is 0.0891 e. The van der Waals surface area contributed by atoms with E-state index in [0.29, 0.717) is 19.4 Å². The van der Waals surface area contributed by atoms with E-state index in [1.54, 1.807) is 0 Å². The second kappa shape index (κ2) is 13.3. The molecule has 0 fully saturated rings. The average Bonchev–Trinajstić information content (AvgIpc) is 2.93. The second-order valence-electron chi connectivity index (χ2n) is 10.2.